The molecule has 0 saturated carbocycles. The van der Waals surface area contributed by atoms with Gasteiger partial charge in [0.15, 0.2) is 0 Å². The van der Waals surface area contributed by atoms with Crippen LogP contribution in [0.15, 0.2) is 18.3 Å². The normalized spacial score (nSPS) is 13.1. The summed E-state index contributed by atoms with van der Waals surface area (Å²) in [6, 6.07) is 4.23. The van der Waals surface area contributed by atoms with E-state index in [1.54, 1.807) is 6.20 Å². The molecule has 0 radical (unpaired) electrons. The molecule has 2 nitrogen and oxygen atoms in total. The van der Waals surface area contributed by atoms with Gasteiger partial charge in [0.25, 0.3) is 0 Å². The van der Waals surface area contributed by atoms with E-state index in [4.69, 9.17) is 11.6 Å². The van der Waals surface area contributed by atoms with Gasteiger partial charge in [-0.15, -0.1) is 0 Å². The van der Waals surface area contributed by atoms with Gasteiger partial charge >= 0.3 is 0 Å². The second-order valence-electron chi connectivity index (χ2n) is 3.74. The van der Waals surface area contributed by atoms with Crippen molar-refractivity contribution in [3.8, 4) is 0 Å². The highest BCUT2D eigenvalue weighted by Crippen LogP contribution is 2.26. The fourth-order valence-electron chi connectivity index (χ4n) is 1.96. The number of pyridine rings is 1. The molecule has 0 spiro atoms. The summed E-state index contributed by atoms with van der Waals surface area (Å²) in [5, 5.41) is 4.03. The first kappa shape index (κ1) is 12.5. The quantitative estimate of drug-likeness (QED) is 0.832. The molecule has 0 bridgehead atoms. The highest BCUT2D eigenvalue weighted by atomic mass is 35.5. The van der Waals surface area contributed by atoms with Crippen molar-refractivity contribution >= 4 is 11.6 Å². The molecule has 0 aliphatic rings. The van der Waals surface area contributed by atoms with E-state index in [9.17, 15) is 0 Å². The molecule has 1 N–H and O–H groups in total. The average molecular weight is 227 g/mol. The van der Waals surface area contributed by atoms with Crippen molar-refractivity contribution in [1.29, 1.82) is 0 Å². The van der Waals surface area contributed by atoms with Gasteiger partial charge in [-0.2, -0.15) is 0 Å². The third-order valence-electron chi connectivity index (χ3n) is 2.90. The van der Waals surface area contributed by atoms with Crippen LogP contribution in [0.1, 0.15) is 38.4 Å². The minimum Gasteiger partial charge on any atom is -0.311 e. The lowest BCUT2D eigenvalue weighted by Gasteiger charge is -2.24. The maximum atomic E-state index is 5.82. The Hall–Kier alpha value is -0.600. The third-order valence-corrected chi connectivity index (χ3v) is 3.12. The Morgan fingerprint density at radius 3 is 2.40 bits per heavy atom. The SMILES string of the molecule is CCC(CC)C(NC)c1ccc(Cl)cn1. The molecule has 1 atom stereocenters. The van der Waals surface area contributed by atoms with Crippen LogP contribution in [0.4, 0.5) is 0 Å². The van der Waals surface area contributed by atoms with Crippen molar-refractivity contribution in [3.05, 3.63) is 29.0 Å². The molecule has 3 heteroatoms. The first-order valence-corrected chi connectivity index (χ1v) is 5.89. The van der Waals surface area contributed by atoms with E-state index in [1.807, 2.05) is 19.2 Å². The Bertz CT molecular complexity index is 280. The van der Waals surface area contributed by atoms with Crippen LogP contribution in [0.3, 0.4) is 0 Å². The maximum absolute atomic E-state index is 5.82. The smallest absolute Gasteiger partial charge is 0.0589 e. The Labute approximate surface area is 97.1 Å². The van der Waals surface area contributed by atoms with Gasteiger partial charge in [0.2, 0.25) is 0 Å². The Morgan fingerprint density at radius 2 is 2.00 bits per heavy atom. The molecule has 1 heterocycles. The highest BCUT2D eigenvalue weighted by molar-refractivity contribution is 6.30. The second-order valence-corrected chi connectivity index (χ2v) is 4.18. The van der Waals surface area contributed by atoms with Gasteiger partial charge < -0.3 is 5.32 Å². The number of hydrogen-bond donors (Lipinski definition) is 1. The molecule has 1 rings (SSSR count). The summed E-state index contributed by atoms with van der Waals surface area (Å²) in [6.07, 6.45) is 4.03. The molecule has 0 saturated heterocycles. The molecule has 0 fully saturated rings. The molecule has 84 valence electrons. The van der Waals surface area contributed by atoms with Crippen LogP contribution in [-0.4, -0.2) is 12.0 Å². The zero-order chi connectivity index (χ0) is 11.3. The van der Waals surface area contributed by atoms with Crippen molar-refractivity contribution in [2.75, 3.05) is 7.05 Å². The Morgan fingerprint density at radius 1 is 1.33 bits per heavy atom. The van der Waals surface area contributed by atoms with Crippen LogP contribution in [0.25, 0.3) is 0 Å². The van der Waals surface area contributed by atoms with Crippen LogP contribution in [0.5, 0.6) is 0 Å². The summed E-state index contributed by atoms with van der Waals surface area (Å²) in [7, 11) is 1.99. The minimum atomic E-state index is 0.331. The number of nitrogens with zero attached hydrogens (tertiary/aromatic N) is 1. The van der Waals surface area contributed by atoms with Crippen molar-refractivity contribution in [2.45, 2.75) is 32.7 Å². The number of aromatic nitrogens is 1. The number of halogens is 1. The maximum Gasteiger partial charge on any atom is 0.0589 e. The largest absolute Gasteiger partial charge is 0.311 e. The van der Waals surface area contributed by atoms with Gasteiger partial charge in [-0.1, -0.05) is 38.3 Å². The summed E-state index contributed by atoms with van der Waals surface area (Å²) in [4.78, 5) is 4.37. The summed E-state index contributed by atoms with van der Waals surface area (Å²) in [6.45, 7) is 4.43. The molecular weight excluding hydrogens is 208 g/mol. The van der Waals surface area contributed by atoms with Crippen LogP contribution >= 0.6 is 11.6 Å². The number of rotatable bonds is 5. The molecule has 1 aromatic heterocycles. The minimum absolute atomic E-state index is 0.331. The Balaban J connectivity index is 2.86. The van der Waals surface area contributed by atoms with Crippen molar-refractivity contribution in [2.24, 2.45) is 5.92 Å². The highest BCUT2D eigenvalue weighted by Gasteiger charge is 2.19. The molecule has 0 amide bonds. The van der Waals surface area contributed by atoms with Crippen LogP contribution < -0.4 is 5.32 Å². The lowest BCUT2D eigenvalue weighted by atomic mass is 9.92. The molecule has 15 heavy (non-hydrogen) atoms. The van der Waals surface area contributed by atoms with E-state index in [-0.39, 0.29) is 0 Å². The van der Waals surface area contributed by atoms with E-state index in [0.29, 0.717) is 17.0 Å². The molecule has 0 aliphatic heterocycles. The topological polar surface area (TPSA) is 24.9 Å². The summed E-state index contributed by atoms with van der Waals surface area (Å²) >= 11 is 5.82. The van der Waals surface area contributed by atoms with Gasteiger partial charge in [-0.3, -0.25) is 4.98 Å². The molecule has 1 unspecified atom stereocenters. The van der Waals surface area contributed by atoms with Crippen molar-refractivity contribution in [1.82, 2.24) is 10.3 Å². The lowest BCUT2D eigenvalue weighted by Crippen LogP contribution is -2.25. The van der Waals surface area contributed by atoms with E-state index in [1.165, 1.54) is 0 Å². The van der Waals surface area contributed by atoms with Gasteiger partial charge in [0, 0.05) is 6.20 Å². The fourth-order valence-corrected chi connectivity index (χ4v) is 2.07. The van der Waals surface area contributed by atoms with Crippen molar-refractivity contribution in [3.63, 3.8) is 0 Å². The van der Waals surface area contributed by atoms with Crippen LogP contribution in [0.2, 0.25) is 5.02 Å². The second kappa shape index (κ2) is 6.09. The van der Waals surface area contributed by atoms with Gasteiger partial charge in [-0.25, -0.2) is 0 Å². The zero-order valence-electron chi connectivity index (χ0n) is 9.63. The van der Waals surface area contributed by atoms with Gasteiger partial charge in [0.05, 0.1) is 16.8 Å². The predicted octanol–water partition coefficient (Wildman–Crippen LogP) is 3.43. The van der Waals surface area contributed by atoms with Gasteiger partial charge in [0.1, 0.15) is 0 Å². The van der Waals surface area contributed by atoms with E-state index in [0.717, 1.165) is 18.5 Å². The monoisotopic (exact) mass is 226 g/mol. The fraction of sp³-hybridized carbons (Fsp3) is 0.583. The predicted molar refractivity (Wildman–Crippen MR) is 65.1 cm³/mol. The Kier molecular flexibility index (Phi) is 5.06. The van der Waals surface area contributed by atoms with E-state index in [2.05, 4.69) is 24.1 Å². The first-order chi connectivity index (χ1) is 7.22. The number of nitrogens with one attached hydrogen (secondary N) is 1. The lowest BCUT2D eigenvalue weighted by molar-refractivity contribution is 0.353. The van der Waals surface area contributed by atoms with Crippen LogP contribution in [-0.2, 0) is 0 Å². The number of hydrogen-bond acceptors (Lipinski definition) is 2. The molecule has 0 aromatic carbocycles. The first-order valence-electron chi connectivity index (χ1n) is 5.51. The molecule has 1 aromatic rings. The standard InChI is InChI=1S/C12H19ClN2/c1-4-9(5-2)12(14-3)11-7-6-10(13)8-15-11/h6-9,12,14H,4-5H2,1-3H3. The summed E-state index contributed by atoms with van der Waals surface area (Å²) in [5.74, 6) is 0.628. The summed E-state index contributed by atoms with van der Waals surface area (Å²) < 4.78 is 0. The molecular formula is C12H19ClN2. The average Bonchev–Trinajstić information content (AvgIpc) is 2.27. The van der Waals surface area contributed by atoms with E-state index >= 15 is 0 Å². The third kappa shape index (κ3) is 3.18. The summed E-state index contributed by atoms with van der Waals surface area (Å²) in [5.41, 5.74) is 1.08. The van der Waals surface area contributed by atoms with Crippen LogP contribution in [0, 0.1) is 5.92 Å². The zero-order valence-corrected chi connectivity index (χ0v) is 10.4. The van der Waals surface area contributed by atoms with E-state index < -0.39 is 0 Å². The van der Waals surface area contributed by atoms with Gasteiger partial charge in [-0.05, 0) is 25.1 Å². The molecule has 0 aliphatic carbocycles. The van der Waals surface area contributed by atoms with Crippen molar-refractivity contribution < 1.29 is 0 Å².